The van der Waals surface area contributed by atoms with Crippen LogP contribution in [-0.2, 0) is 6.54 Å². The maximum absolute atomic E-state index is 12.6. The molecule has 0 aliphatic carbocycles. The maximum Gasteiger partial charge on any atom is 0.257 e. The van der Waals surface area contributed by atoms with Gasteiger partial charge in [-0.25, -0.2) is 0 Å². The number of likely N-dealkylation sites (tertiary alicyclic amines) is 1. The average molecular weight is 372 g/mol. The molecule has 2 aromatic heterocycles. The summed E-state index contributed by atoms with van der Waals surface area (Å²) in [5.74, 6) is 0.226. The summed E-state index contributed by atoms with van der Waals surface area (Å²) in [4.78, 5) is 23.2. The number of aromatic nitrogens is 2. The van der Waals surface area contributed by atoms with Crippen LogP contribution in [0.5, 0.6) is 11.8 Å². The predicted molar refractivity (Wildman–Crippen MR) is 98.7 cm³/mol. The molecule has 2 N–H and O–H groups in total. The van der Waals surface area contributed by atoms with E-state index in [4.69, 9.17) is 9.47 Å². The first-order valence-electron chi connectivity index (χ1n) is 8.81. The summed E-state index contributed by atoms with van der Waals surface area (Å²) in [6.07, 6.45) is 1.74. The third kappa shape index (κ3) is 4.72. The molecule has 2 atom stereocenters. The van der Waals surface area contributed by atoms with Crippen LogP contribution in [0.1, 0.15) is 22.5 Å². The van der Waals surface area contributed by atoms with Crippen molar-refractivity contribution in [1.82, 2.24) is 20.2 Å². The number of carbonyl (C=O) groups excluding carboxylic acids is 1. The molecule has 0 radical (unpaired) electrons. The fraction of sp³-hybridized carbons (Fsp3) is 0.421. The van der Waals surface area contributed by atoms with E-state index in [1.54, 1.807) is 18.3 Å². The number of aliphatic hydroxyl groups excluding tert-OH is 1. The number of pyridine rings is 2. The van der Waals surface area contributed by atoms with Crippen LogP contribution in [0, 0.1) is 0 Å². The Labute approximate surface area is 158 Å². The number of nitrogens with zero attached hydrogens (tertiary/aromatic N) is 3. The number of β-amino-alcohol motifs (C(OH)–C–C–N with tert-alkyl or cyclic N) is 1. The standard InChI is InChI=1S/C19H24N4O4/c1-26-17-7-6-14(19(22-17)27-2)18(25)21-15-8-10-23(12-16(15)24)11-13-5-3-4-9-20-13/h3-7,9,15-16,24H,8,10-12H2,1-2H3,(H,21,25)/t15-,16-/m1/s1. The topological polar surface area (TPSA) is 96.8 Å². The Morgan fingerprint density at radius 3 is 2.81 bits per heavy atom. The van der Waals surface area contributed by atoms with Crippen molar-refractivity contribution < 1.29 is 19.4 Å². The molecule has 8 nitrogen and oxygen atoms in total. The minimum absolute atomic E-state index is 0.189. The van der Waals surface area contributed by atoms with Gasteiger partial charge >= 0.3 is 0 Å². The fourth-order valence-electron chi connectivity index (χ4n) is 3.14. The van der Waals surface area contributed by atoms with Crippen molar-refractivity contribution in [1.29, 1.82) is 0 Å². The summed E-state index contributed by atoms with van der Waals surface area (Å²) in [5, 5.41) is 13.4. The first kappa shape index (κ1) is 19.1. The van der Waals surface area contributed by atoms with Crippen LogP contribution in [-0.4, -0.2) is 65.3 Å². The van der Waals surface area contributed by atoms with Crippen molar-refractivity contribution in [3.63, 3.8) is 0 Å². The van der Waals surface area contributed by atoms with E-state index in [2.05, 4.69) is 20.2 Å². The van der Waals surface area contributed by atoms with E-state index in [0.717, 1.165) is 12.2 Å². The number of piperidine rings is 1. The molecule has 0 aromatic carbocycles. The van der Waals surface area contributed by atoms with E-state index in [0.29, 0.717) is 31.0 Å². The number of hydrogen-bond donors (Lipinski definition) is 2. The van der Waals surface area contributed by atoms with Gasteiger partial charge in [0, 0.05) is 31.9 Å². The highest BCUT2D eigenvalue weighted by molar-refractivity contribution is 5.96. The van der Waals surface area contributed by atoms with Crippen molar-refractivity contribution in [2.75, 3.05) is 27.3 Å². The molecule has 8 heteroatoms. The Kier molecular flexibility index (Phi) is 6.20. The van der Waals surface area contributed by atoms with Crippen LogP contribution in [0.15, 0.2) is 36.5 Å². The lowest BCUT2D eigenvalue weighted by Crippen LogP contribution is -2.53. The molecule has 27 heavy (non-hydrogen) atoms. The van der Waals surface area contributed by atoms with Gasteiger partial charge in [-0.1, -0.05) is 6.07 Å². The zero-order valence-corrected chi connectivity index (χ0v) is 15.5. The maximum atomic E-state index is 12.6. The SMILES string of the molecule is COc1ccc(C(=O)N[C@@H]2CCN(Cc3ccccn3)C[C@H]2O)c(OC)n1. The third-order valence-electron chi connectivity index (χ3n) is 4.58. The van der Waals surface area contributed by atoms with Crippen LogP contribution in [0.3, 0.4) is 0 Å². The monoisotopic (exact) mass is 372 g/mol. The molecule has 0 spiro atoms. The van der Waals surface area contributed by atoms with Gasteiger partial charge in [0.05, 0.1) is 32.1 Å². The van der Waals surface area contributed by atoms with Crippen LogP contribution in [0.4, 0.5) is 0 Å². The molecule has 144 valence electrons. The van der Waals surface area contributed by atoms with Gasteiger partial charge < -0.3 is 19.9 Å². The number of hydrogen-bond acceptors (Lipinski definition) is 7. The van der Waals surface area contributed by atoms with Gasteiger partial charge in [0.1, 0.15) is 5.56 Å². The Morgan fingerprint density at radius 2 is 2.15 bits per heavy atom. The highest BCUT2D eigenvalue weighted by Crippen LogP contribution is 2.21. The van der Waals surface area contributed by atoms with E-state index in [-0.39, 0.29) is 17.8 Å². The summed E-state index contributed by atoms with van der Waals surface area (Å²) in [7, 11) is 2.94. The van der Waals surface area contributed by atoms with Crippen molar-refractivity contribution in [2.24, 2.45) is 0 Å². The lowest BCUT2D eigenvalue weighted by molar-refractivity contribution is 0.0344. The summed E-state index contributed by atoms with van der Waals surface area (Å²) in [5.41, 5.74) is 1.27. The van der Waals surface area contributed by atoms with Crippen molar-refractivity contribution in [3.05, 3.63) is 47.8 Å². The lowest BCUT2D eigenvalue weighted by atomic mass is 10.0. The largest absolute Gasteiger partial charge is 0.481 e. The summed E-state index contributed by atoms with van der Waals surface area (Å²) in [6.45, 7) is 1.91. The molecule has 3 heterocycles. The molecule has 1 saturated heterocycles. The van der Waals surface area contributed by atoms with E-state index >= 15 is 0 Å². The van der Waals surface area contributed by atoms with Gasteiger partial charge in [-0.15, -0.1) is 0 Å². The first-order valence-corrected chi connectivity index (χ1v) is 8.81. The Morgan fingerprint density at radius 1 is 1.30 bits per heavy atom. The summed E-state index contributed by atoms with van der Waals surface area (Å²) in [6, 6.07) is 8.66. The molecular weight excluding hydrogens is 348 g/mol. The van der Waals surface area contributed by atoms with Gasteiger partial charge in [-0.2, -0.15) is 4.98 Å². The van der Waals surface area contributed by atoms with Gasteiger partial charge in [0.15, 0.2) is 0 Å². The Hall–Kier alpha value is -2.71. The predicted octanol–water partition coefficient (Wildman–Crippen LogP) is 0.859. The number of ether oxygens (including phenoxy) is 2. The molecule has 1 fully saturated rings. The normalized spacial score (nSPS) is 20.1. The van der Waals surface area contributed by atoms with Gasteiger partial charge in [-0.3, -0.25) is 14.7 Å². The lowest BCUT2D eigenvalue weighted by Gasteiger charge is -2.36. The van der Waals surface area contributed by atoms with E-state index in [1.807, 2.05) is 18.2 Å². The second kappa shape index (κ2) is 8.79. The highest BCUT2D eigenvalue weighted by atomic mass is 16.5. The fourth-order valence-corrected chi connectivity index (χ4v) is 3.14. The van der Waals surface area contributed by atoms with Crippen molar-refractivity contribution in [2.45, 2.75) is 25.1 Å². The van der Waals surface area contributed by atoms with Gasteiger partial charge in [-0.05, 0) is 24.6 Å². The zero-order chi connectivity index (χ0) is 19.2. The van der Waals surface area contributed by atoms with Crippen LogP contribution in [0.25, 0.3) is 0 Å². The minimum Gasteiger partial charge on any atom is -0.481 e. The van der Waals surface area contributed by atoms with Crippen molar-refractivity contribution in [3.8, 4) is 11.8 Å². The molecule has 3 rings (SSSR count). The summed E-state index contributed by atoms with van der Waals surface area (Å²) < 4.78 is 10.2. The number of nitrogens with one attached hydrogen (secondary N) is 1. The third-order valence-corrected chi connectivity index (χ3v) is 4.58. The highest BCUT2D eigenvalue weighted by Gasteiger charge is 2.30. The Bertz CT molecular complexity index is 772. The molecule has 0 saturated carbocycles. The van der Waals surface area contributed by atoms with Crippen molar-refractivity contribution >= 4 is 5.91 Å². The quantitative estimate of drug-likeness (QED) is 0.776. The zero-order valence-electron chi connectivity index (χ0n) is 15.5. The summed E-state index contributed by atoms with van der Waals surface area (Å²) >= 11 is 0. The first-order chi connectivity index (χ1) is 13.1. The van der Waals surface area contributed by atoms with E-state index in [1.165, 1.54) is 14.2 Å². The van der Waals surface area contributed by atoms with E-state index in [9.17, 15) is 9.90 Å². The smallest absolute Gasteiger partial charge is 0.257 e. The van der Waals surface area contributed by atoms with Gasteiger partial charge in [0.25, 0.3) is 5.91 Å². The number of aliphatic hydroxyl groups is 1. The number of rotatable bonds is 6. The molecule has 0 bridgehead atoms. The molecular formula is C19H24N4O4. The molecule has 1 amide bonds. The molecule has 2 aromatic rings. The molecule has 0 unspecified atom stereocenters. The number of carbonyl (C=O) groups is 1. The van der Waals surface area contributed by atoms with Crippen LogP contribution < -0.4 is 14.8 Å². The molecule has 1 aliphatic rings. The van der Waals surface area contributed by atoms with Gasteiger partial charge in [0.2, 0.25) is 11.8 Å². The Balaban J connectivity index is 1.59. The second-order valence-electron chi connectivity index (χ2n) is 6.40. The van der Waals surface area contributed by atoms with Crippen LogP contribution >= 0.6 is 0 Å². The molecule has 1 aliphatic heterocycles. The average Bonchev–Trinajstić information content (AvgIpc) is 2.70. The number of amides is 1. The van der Waals surface area contributed by atoms with E-state index < -0.39 is 6.10 Å². The second-order valence-corrected chi connectivity index (χ2v) is 6.40. The minimum atomic E-state index is -0.663. The van der Waals surface area contributed by atoms with Crippen LogP contribution in [0.2, 0.25) is 0 Å². The number of methoxy groups -OCH3 is 2.